The van der Waals surface area contributed by atoms with E-state index in [0.717, 1.165) is 0 Å². The van der Waals surface area contributed by atoms with Crippen molar-refractivity contribution >= 4 is 23.6 Å². The molecule has 0 radical (unpaired) electrons. The first-order valence-corrected chi connectivity index (χ1v) is 9.16. The summed E-state index contributed by atoms with van der Waals surface area (Å²) in [5.41, 5.74) is 7.10. The van der Waals surface area contributed by atoms with Crippen molar-refractivity contribution in [2.24, 2.45) is 0 Å². The SMILES string of the molecule is C=CC[C@H](NC(=O)OC(C)(C)C)c1cc(-c2ccc(NC(=O)O)cc2N)cnc1F. The minimum Gasteiger partial charge on any atom is -0.465 e. The zero-order valence-electron chi connectivity index (χ0n) is 17.0. The lowest BCUT2D eigenvalue weighted by molar-refractivity contribution is 0.0503. The number of ether oxygens (including phenoxy) is 1. The molecule has 0 bridgehead atoms. The zero-order valence-corrected chi connectivity index (χ0v) is 17.0. The largest absolute Gasteiger partial charge is 0.465 e. The molecule has 2 aromatic rings. The molecule has 2 rings (SSSR count). The second kappa shape index (κ2) is 9.25. The van der Waals surface area contributed by atoms with Gasteiger partial charge < -0.3 is 20.9 Å². The number of carboxylic acid groups (broad SMARTS) is 1. The van der Waals surface area contributed by atoms with Crippen LogP contribution in [0.15, 0.2) is 43.1 Å². The molecule has 1 atom stereocenters. The van der Waals surface area contributed by atoms with E-state index in [0.29, 0.717) is 16.8 Å². The maximum absolute atomic E-state index is 14.5. The van der Waals surface area contributed by atoms with E-state index < -0.39 is 29.8 Å². The lowest BCUT2D eigenvalue weighted by Crippen LogP contribution is -2.35. The van der Waals surface area contributed by atoms with Crippen LogP contribution in [-0.2, 0) is 4.74 Å². The minimum absolute atomic E-state index is 0.144. The number of nitrogens with two attached hydrogens (primary N) is 1. The topological polar surface area (TPSA) is 127 Å². The van der Waals surface area contributed by atoms with Crippen LogP contribution in [0.2, 0.25) is 0 Å². The number of hydrogen-bond donors (Lipinski definition) is 4. The molecule has 0 spiro atoms. The van der Waals surface area contributed by atoms with Gasteiger partial charge in [-0.25, -0.2) is 14.6 Å². The number of benzene rings is 1. The summed E-state index contributed by atoms with van der Waals surface area (Å²) in [6.45, 7) is 8.83. The molecule has 0 aliphatic carbocycles. The number of nitrogens with one attached hydrogen (secondary N) is 2. The predicted octanol–water partition coefficient (Wildman–Crippen LogP) is 4.70. The highest BCUT2D eigenvalue weighted by Gasteiger charge is 2.23. The average molecular weight is 416 g/mol. The molecule has 0 fully saturated rings. The molecular formula is C21H25FN4O4. The molecule has 5 N–H and O–H groups in total. The van der Waals surface area contributed by atoms with Gasteiger partial charge in [-0.15, -0.1) is 6.58 Å². The van der Waals surface area contributed by atoms with Gasteiger partial charge in [0.1, 0.15) is 5.60 Å². The molecule has 0 unspecified atom stereocenters. The molecule has 8 nitrogen and oxygen atoms in total. The number of amides is 2. The fourth-order valence-electron chi connectivity index (χ4n) is 2.76. The predicted molar refractivity (Wildman–Crippen MR) is 113 cm³/mol. The monoisotopic (exact) mass is 416 g/mol. The average Bonchev–Trinajstić information content (AvgIpc) is 2.60. The van der Waals surface area contributed by atoms with Crippen LogP contribution in [0.3, 0.4) is 0 Å². The number of alkyl carbamates (subject to hydrolysis) is 1. The number of aromatic nitrogens is 1. The van der Waals surface area contributed by atoms with Crippen molar-refractivity contribution in [3.05, 3.63) is 54.6 Å². The molecule has 160 valence electrons. The summed E-state index contributed by atoms with van der Waals surface area (Å²) < 4.78 is 19.8. The lowest BCUT2D eigenvalue weighted by Gasteiger charge is -2.23. The molecule has 0 aliphatic rings. The Morgan fingerprint density at radius 3 is 2.63 bits per heavy atom. The normalized spacial score (nSPS) is 12.0. The van der Waals surface area contributed by atoms with E-state index >= 15 is 0 Å². The van der Waals surface area contributed by atoms with Crippen molar-refractivity contribution in [3.8, 4) is 11.1 Å². The molecule has 0 saturated heterocycles. The Bertz CT molecular complexity index is 957. The van der Waals surface area contributed by atoms with Gasteiger partial charge in [0.05, 0.1) is 6.04 Å². The standard InChI is InChI=1S/C21H25FN4O4/c1-5-6-17(26-20(29)30-21(2,3)4)15-9-12(11-24-18(15)22)14-8-7-13(10-16(14)23)25-19(27)28/h5,7-11,17,25H,1,6,23H2,2-4H3,(H,26,29)(H,27,28)/t17-/m0/s1. The number of anilines is 2. The number of hydrogen-bond acceptors (Lipinski definition) is 5. The second-order valence-electron chi connectivity index (χ2n) is 7.56. The fraction of sp³-hybridized carbons (Fsp3) is 0.286. The molecule has 0 saturated carbocycles. The summed E-state index contributed by atoms with van der Waals surface area (Å²) in [6.07, 6.45) is 1.21. The van der Waals surface area contributed by atoms with Crippen molar-refractivity contribution < 1.29 is 23.8 Å². The van der Waals surface area contributed by atoms with Gasteiger partial charge in [-0.1, -0.05) is 12.1 Å². The number of nitrogen functional groups attached to an aromatic ring is 1. The summed E-state index contributed by atoms with van der Waals surface area (Å²) in [5.74, 6) is -0.746. The van der Waals surface area contributed by atoms with Gasteiger partial charge in [-0.05, 0) is 45.4 Å². The van der Waals surface area contributed by atoms with Crippen LogP contribution in [0, 0.1) is 5.95 Å². The Morgan fingerprint density at radius 1 is 1.37 bits per heavy atom. The van der Waals surface area contributed by atoms with E-state index in [-0.39, 0.29) is 17.7 Å². The van der Waals surface area contributed by atoms with Gasteiger partial charge in [0, 0.05) is 34.3 Å². The van der Waals surface area contributed by atoms with E-state index in [1.54, 1.807) is 32.9 Å². The maximum atomic E-state index is 14.5. The van der Waals surface area contributed by atoms with Gasteiger partial charge >= 0.3 is 12.2 Å². The molecule has 1 aromatic heterocycles. The summed E-state index contributed by atoms with van der Waals surface area (Å²) in [5, 5.41) is 13.7. The molecule has 9 heteroatoms. The first kappa shape index (κ1) is 22.7. The van der Waals surface area contributed by atoms with Gasteiger partial charge in [0.15, 0.2) is 0 Å². The number of pyridine rings is 1. The van der Waals surface area contributed by atoms with Crippen LogP contribution < -0.4 is 16.4 Å². The Hall–Kier alpha value is -3.62. The third-order valence-electron chi connectivity index (χ3n) is 3.95. The highest BCUT2D eigenvalue weighted by atomic mass is 19.1. The summed E-state index contributed by atoms with van der Waals surface area (Å²) in [4.78, 5) is 26.7. The van der Waals surface area contributed by atoms with Crippen LogP contribution in [0.25, 0.3) is 11.1 Å². The van der Waals surface area contributed by atoms with Crippen molar-refractivity contribution in [2.75, 3.05) is 11.1 Å². The van der Waals surface area contributed by atoms with Crippen LogP contribution in [0.1, 0.15) is 38.8 Å². The van der Waals surface area contributed by atoms with Crippen LogP contribution in [-0.4, -0.2) is 27.9 Å². The summed E-state index contributed by atoms with van der Waals surface area (Å²) >= 11 is 0. The number of rotatable bonds is 6. The van der Waals surface area contributed by atoms with Crippen molar-refractivity contribution in [1.29, 1.82) is 0 Å². The van der Waals surface area contributed by atoms with Crippen molar-refractivity contribution in [2.45, 2.75) is 38.8 Å². The van der Waals surface area contributed by atoms with Gasteiger partial charge in [0.25, 0.3) is 0 Å². The fourth-order valence-corrected chi connectivity index (χ4v) is 2.76. The highest BCUT2D eigenvalue weighted by molar-refractivity contribution is 5.86. The van der Waals surface area contributed by atoms with Crippen LogP contribution >= 0.6 is 0 Å². The molecule has 1 aromatic carbocycles. The molecular weight excluding hydrogens is 391 g/mol. The zero-order chi connectivity index (χ0) is 22.5. The Balaban J connectivity index is 2.37. The third-order valence-corrected chi connectivity index (χ3v) is 3.95. The summed E-state index contributed by atoms with van der Waals surface area (Å²) in [7, 11) is 0. The van der Waals surface area contributed by atoms with E-state index in [1.807, 2.05) is 0 Å². The smallest absolute Gasteiger partial charge is 0.409 e. The minimum atomic E-state index is -1.21. The number of nitrogens with zero attached hydrogens (tertiary/aromatic N) is 1. The maximum Gasteiger partial charge on any atom is 0.409 e. The van der Waals surface area contributed by atoms with E-state index in [9.17, 15) is 14.0 Å². The van der Waals surface area contributed by atoms with E-state index in [2.05, 4.69) is 22.2 Å². The highest BCUT2D eigenvalue weighted by Crippen LogP contribution is 2.31. The Labute approximate surface area is 174 Å². The van der Waals surface area contributed by atoms with Crippen molar-refractivity contribution in [1.82, 2.24) is 10.3 Å². The van der Waals surface area contributed by atoms with Gasteiger partial charge in [0.2, 0.25) is 5.95 Å². The molecule has 0 aliphatic heterocycles. The first-order valence-electron chi connectivity index (χ1n) is 9.16. The first-order chi connectivity index (χ1) is 14.0. The number of carbonyl (C=O) groups is 2. The third kappa shape index (κ3) is 6.20. The summed E-state index contributed by atoms with van der Waals surface area (Å²) in [6, 6.07) is 5.36. The quantitative estimate of drug-likeness (QED) is 0.307. The lowest BCUT2D eigenvalue weighted by atomic mass is 9.99. The second-order valence-corrected chi connectivity index (χ2v) is 7.56. The Kier molecular flexibility index (Phi) is 6.99. The Morgan fingerprint density at radius 2 is 2.07 bits per heavy atom. The molecule has 1 heterocycles. The number of halogens is 1. The van der Waals surface area contributed by atoms with Gasteiger partial charge in [-0.3, -0.25) is 5.32 Å². The van der Waals surface area contributed by atoms with Gasteiger partial charge in [-0.2, -0.15) is 4.39 Å². The van der Waals surface area contributed by atoms with Crippen LogP contribution in [0.5, 0.6) is 0 Å². The van der Waals surface area contributed by atoms with Crippen molar-refractivity contribution in [3.63, 3.8) is 0 Å². The number of carbonyl (C=O) groups excluding carboxylic acids is 1. The van der Waals surface area contributed by atoms with E-state index in [1.165, 1.54) is 24.4 Å². The van der Waals surface area contributed by atoms with Crippen LogP contribution in [0.4, 0.5) is 25.4 Å². The molecule has 2 amide bonds. The molecule has 30 heavy (non-hydrogen) atoms. The van der Waals surface area contributed by atoms with E-state index in [4.69, 9.17) is 15.6 Å².